The molecule has 1 aliphatic rings. The molecule has 1 atom stereocenters. The van der Waals surface area contributed by atoms with Crippen molar-refractivity contribution in [1.82, 2.24) is 15.1 Å². The molecule has 1 fully saturated rings. The van der Waals surface area contributed by atoms with Crippen molar-refractivity contribution in [3.8, 4) is 0 Å². The van der Waals surface area contributed by atoms with E-state index in [2.05, 4.69) is 10.4 Å². The maximum atomic E-state index is 12.6. The standard InChI is InChI=1S/C16H17N3O3/c20-15(18-13-9-12(10-13)16(21)22)14(19-8-4-7-17-19)11-5-2-1-3-6-11/h1-8,12-14H,9-10H2,(H,18,20)(H,21,22). The van der Waals surface area contributed by atoms with Gasteiger partial charge in [-0.15, -0.1) is 0 Å². The van der Waals surface area contributed by atoms with E-state index >= 15 is 0 Å². The molecule has 6 heteroatoms. The van der Waals surface area contributed by atoms with Gasteiger partial charge in [0.25, 0.3) is 0 Å². The minimum atomic E-state index is -0.794. The fourth-order valence-electron chi connectivity index (χ4n) is 2.71. The SMILES string of the molecule is O=C(O)C1CC(NC(=O)C(c2ccccc2)n2cccn2)C1. The van der Waals surface area contributed by atoms with E-state index in [1.54, 1.807) is 23.1 Å². The van der Waals surface area contributed by atoms with Crippen molar-refractivity contribution in [1.29, 1.82) is 0 Å². The molecule has 114 valence electrons. The smallest absolute Gasteiger partial charge is 0.306 e. The van der Waals surface area contributed by atoms with Crippen LogP contribution in [0, 0.1) is 5.92 Å². The van der Waals surface area contributed by atoms with Gasteiger partial charge in [-0.3, -0.25) is 14.3 Å². The molecule has 1 aliphatic carbocycles. The summed E-state index contributed by atoms with van der Waals surface area (Å²) in [6.45, 7) is 0. The van der Waals surface area contributed by atoms with Crippen LogP contribution in [0.2, 0.25) is 0 Å². The number of nitrogens with one attached hydrogen (secondary N) is 1. The monoisotopic (exact) mass is 299 g/mol. The van der Waals surface area contributed by atoms with E-state index in [0.29, 0.717) is 12.8 Å². The Hall–Kier alpha value is -2.63. The minimum absolute atomic E-state index is 0.0737. The molecule has 6 nitrogen and oxygen atoms in total. The summed E-state index contributed by atoms with van der Waals surface area (Å²) in [6.07, 6.45) is 4.36. The van der Waals surface area contributed by atoms with Crippen LogP contribution in [0.25, 0.3) is 0 Å². The Bertz CT molecular complexity index is 649. The fourth-order valence-corrected chi connectivity index (χ4v) is 2.71. The van der Waals surface area contributed by atoms with Gasteiger partial charge in [0, 0.05) is 18.4 Å². The minimum Gasteiger partial charge on any atom is -0.481 e. The van der Waals surface area contributed by atoms with E-state index in [1.165, 1.54) is 0 Å². The number of carbonyl (C=O) groups excluding carboxylic acids is 1. The van der Waals surface area contributed by atoms with Crippen LogP contribution in [0.4, 0.5) is 0 Å². The highest BCUT2D eigenvalue weighted by Gasteiger charge is 2.36. The van der Waals surface area contributed by atoms with Gasteiger partial charge in [0.15, 0.2) is 6.04 Å². The molecule has 2 aromatic rings. The van der Waals surface area contributed by atoms with E-state index in [9.17, 15) is 9.59 Å². The van der Waals surface area contributed by atoms with Gasteiger partial charge in [-0.05, 0) is 24.5 Å². The Balaban J connectivity index is 1.73. The first-order valence-electron chi connectivity index (χ1n) is 7.22. The molecule has 22 heavy (non-hydrogen) atoms. The second kappa shape index (κ2) is 6.01. The summed E-state index contributed by atoms with van der Waals surface area (Å²) in [5, 5.41) is 16.0. The Labute approximate surface area is 127 Å². The lowest BCUT2D eigenvalue weighted by Gasteiger charge is -2.34. The highest BCUT2D eigenvalue weighted by molar-refractivity contribution is 5.84. The van der Waals surface area contributed by atoms with E-state index in [-0.39, 0.29) is 17.9 Å². The van der Waals surface area contributed by atoms with Crippen molar-refractivity contribution >= 4 is 11.9 Å². The molecule has 0 aliphatic heterocycles. The number of rotatable bonds is 5. The first-order valence-corrected chi connectivity index (χ1v) is 7.22. The normalized spacial score (nSPS) is 21.6. The Morgan fingerprint density at radius 3 is 2.55 bits per heavy atom. The Morgan fingerprint density at radius 2 is 1.95 bits per heavy atom. The lowest BCUT2D eigenvalue weighted by molar-refractivity contribution is -0.146. The average Bonchev–Trinajstić information content (AvgIpc) is 2.97. The summed E-state index contributed by atoms with van der Waals surface area (Å²) < 4.78 is 1.61. The lowest BCUT2D eigenvalue weighted by atomic mass is 9.80. The van der Waals surface area contributed by atoms with Crippen LogP contribution >= 0.6 is 0 Å². The van der Waals surface area contributed by atoms with Crippen molar-refractivity contribution in [3.63, 3.8) is 0 Å². The number of nitrogens with zero attached hydrogens (tertiary/aromatic N) is 2. The predicted octanol–water partition coefficient (Wildman–Crippen LogP) is 1.45. The Morgan fingerprint density at radius 1 is 1.23 bits per heavy atom. The van der Waals surface area contributed by atoms with Crippen LogP contribution in [0.5, 0.6) is 0 Å². The molecule has 1 saturated carbocycles. The molecular weight excluding hydrogens is 282 g/mol. The van der Waals surface area contributed by atoms with Gasteiger partial charge in [0.05, 0.1) is 5.92 Å². The number of carboxylic acids is 1. The van der Waals surface area contributed by atoms with Crippen LogP contribution < -0.4 is 5.32 Å². The fraction of sp³-hybridized carbons (Fsp3) is 0.312. The van der Waals surface area contributed by atoms with Gasteiger partial charge in [-0.1, -0.05) is 30.3 Å². The first-order chi connectivity index (χ1) is 10.6. The molecule has 1 unspecified atom stereocenters. The van der Waals surface area contributed by atoms with Crippen LogP contribution in [0.15, 0.2) is 48.8 Å². The van der Waals surface area contributed by atoms with Crippen molar-refractivity contribution in [2.24, 2.45) is 5.92 Å². The first kappa shape index (κ1) is 14.3. The zero-order valence-electron chi connectivity index (χ0n) is 11.9. The third-order valence-electron chi connectivity index (χ3n) is 3.99. The topological polar surface area (TPSA) is 84.2 Å². The predicted molar refractivity (Wildman–Crippen MR) is 79.1 cm³/mol. The van der Waals surface area contributed by atoms with Gasteiger partial charge in [0.2, 0.25) is 5.91 Å². The summed E-state index contributed by atoms with van der Waals surface area (Å²) in [6, 6.07) is 10.6. The summed E-state index contributed by atoms with van der Waals surface area (Å²) in [7, 11) is 0. The highest BCUT2D eigenvalue weighted by Crippen LogP contribution is 2.28. The number of amides is 1. The van der Waals surface area contributed by atoms with Crippen molar-refractivity contribution in [2.75, 3.05) is 0 Å². The van der Waals surface area contributed by atoms with Gasteiger partial charge in [0.1, 0.15) is 0 Å². The van der Waals surface area contributed by atoms with E-state index in [4.69, 9.17) is 5.11 Å². The second-order valence-electron chi connectivity index (χ2n) is 5.51. The molecule has 0 spiro atoms. The van der Waals surface area contributed by atoms with E-state index < -0.39 is 12.0 Å². The second-order valence-corrected chi connectivity index (χ2v) is 5.51. The number of benzene rings is 1. The van der Waals surface area contributed by atoms with Gasteiger partial charge >= 0.3 is 5.97 Å². The number of aliphatic carboxylic acids is 1. The number of hydrogen-bond acceptors (Lipinski definition) is 3. The molecule has 0 saturated heterocycles. The largest absolute Gasteiger partial charge is 0.481 e. The maximum Gasteiger partial charge on any atom is 0.306 e. The lowest BCUT2D eigenvalue weighted by Crippen LogP contribution is -2.49. The van der Waals surface area contributed by atoms with Crippen molar-refractivity contribution in [3.05, 3.63) is 54.4 Å². The summed E-state index contributed by atoms with van der Waals surface area (Å²) in [5.74, 6) is -1.30. The molecule has 1 amide bonds. The molecule has 1 heterocycles. The zero-order valence-corrected chi connectivity index (χ0v) is 11.9. The number of hydrogen-bond donors (Lipinski definition) is 2. The maximum absolute atomic E-state index is 12.6. The van der Waals surface area contributed by atoms with Crippen LogP contribution in [-0.4, -0.2) is 32.8 Å². The molecule has 1 aromatic carbocycles. The van der Waals surface area contributed by atoms with Crippen molar-refractivity contribution in [2.45, 2.75) is 24.9 Å². The van der Waals surface area contributed by atoms with Crippen LogP contribution in [-0.2, 0) is 9.59 Å². The zero-order chi connectivity index (χ0) is 15.5. The van der Waals surface area contributed by atoms with Gasteiger partial charge in [-0.2, -0.15) is 5.10 Å². The molecule has 0 bridgehead atoms. The van der Waals surface area contributed by atoms with Crippen molar-refractivity contribution < 1.29 is 14.7 Å². The third kappa shape index (κ3) is 2.86. The third-order valence-corrected chi connectivity index (χ3v) is 3.99. The average molecular weight is 299 g/mol. The number of carbonyl (C=O) groups is 2. The molecular formula is C16H17N3O3. The highest BCUT2D eigenvalue weighted by atomic mass is 16.4. The summed E-state index contributed by atoms with van der Waals surface area (Å²) in [5.41, 5.74) is 0.845. The van der Waals surface area contributed by atoms with E-state index in [0.717, 1.165) is 5.56 Å². The van der Waals surface area contributed by atoms with E-state index in [1.807, 2.05) is 30.3 Å². The number of carboxylic acid groups (broad SMARTS) is 1. The van der Waals surface area contributed by atoms with Crippen LogP contribution in [0.1, 0.15) is 24.4 Å². The number of aromatic nitrogens is 2. The molecule has 2 N–H and O–H groups in total. The van der Waals surface area contributed by atoms with Gasteiger partial charge in [-0.25, -0.2) is 0 Å². The summed E-state index contributed by atoms with van der Waals surface area (Å²) in [4.78, 5) is 23.4. The van der Waals surface area contributed by atoms with Crippen LogP contribution in [0.3, 0.4) is 0 Å². The summed E-state index contributed by atoms with van der Waals surface area (Å²) >= 11 is 0. The van der Waals surface area contributed by atoms with Gasteiger partial charge < -0.3 is 10.4 Å². The molecule has 1 aromatic heterocycles. The molecule has 3 rings (SSSR count). The quantitative estimate of drug-likeness (QED) is 0.875. The Kier molecular flexibility index (Phi) is 3.91. The molecule has 0 radical (unpaired) electrons.